The molecule has 0 amide bonds. The summed E-state index contributed by atoms with van der Waals surface area (Å²) in [6.45, 7) is 35.0. The summed E-state index contributed by atoms with van der Waals surface area (Å²) < 4.78 is 2.67. The molecule has 16 rings (SSSR count). The van der Waals surface area contributed by atoms with E-state index >= 15 is 0 Å². The van der Waals surface area contributed by atoms with Crippen molar-refractivity contribution in [3.8, 4) is 0 Å². The van der Waals surface area contributed by atoms with Gasteiger partial charge in [-0.05, 0) is 201 Å². The highest BCUT2D eigenvalue weighted by atomic mass is 32.1. The summed E-state index contributed by atoms with van der Waals surface area (Å²) in [6, 6.07) is 54.8. The summed E-state index contributed by atoms with van der Waals surface area (Å²) in [7, 11) is 0. The molecule has 3 nitrogen and oxygen atoms in total. The first kappa shape index (κ1) is 48.4. The van der Waals surface area contributed by atoms with Crippen LogP contribution in [0.15, 0.2) is 133 Å². The number of benzene rings is 8. The Labute approximate surface area is 473 Å². The van der Waals surface area contributed by atoms with E-state index in [1.165, 1.54) is 163 Å². The Hall–Kier alpha value is -6.56. The number of nitrogens with zero attached hydrogens (tertiary/aromatic N) is 3. The Morgan fingerprint density at radius 1 is 0.481 bits per heavy atom. The Morgan fingerprint density at radius 2 is 1.13 bits per heavy atom. The van der Waals surface area contributed by atoms with Gasteiger partial charge in [0.1, 0.15) is 0 Å². The van der Waals surface area contributed by atoms with Gasteiger partial charge in [-0.25, -0.2) is 0 Å². The van der Waals surface area contributed by atoms with Gasteiger partial charge in [0.25, 0.3) is 6.71 Å². The number of hydrogen-bond donors (Lipinski definition) is 0. The molecule has 0 saturated heterocycles. The van der Waals surface area contributed by atoms with Crippen LogP contribution in [0.2, 0.25) is 0 Å². The van der Waals surface area contributed by atoms with Gasteiger partial charge < -0.3 is 14.7 Å². The van der Waals surface area contributed by atoms with Crippen LogP contribution >= 0.6 is 11.3 Å². The van der Waals surface area contributed by atoms with Gasteiger partial charge in [-0.1, -0.05) is 155 Å². The van der Waals surface area contributed by atoms with Crippen molar-refractivity contribution in [2.24, 2.45) is 0 Å². The van der Waals surface area contributed by atoms with Crippen molar-refractivity contribution in [2.45, 2.75) is 167 Å². The maximum absolute atomic E-state index is 2.89. The third-order valence-corrected chi connectivity index (χ3v) is 23.2. The van der Waals surface area contributed by atoms with E-state index in [-0.39, 0.29) is 39.3 Å². The first-order valence-electron chi connectivity index (χ1n) is 29.7. The van der Waals surface area contributed by atoms with Crippen LogP contribution in [0.1, 0.15) is 176 Å². The molecule has 1 fully saturated rings. The van der Waals surface area contributed by atoms with Crippen molar-refractivity contribution in [3.63, 3.8) is 0 Å². The second kappa shape index (κ2) is 15.1. The van der Waals surface area contributed by atoms with E-state index in [0.29, 0.717) is 0 Å². The summed E-state index contributed by atoms with van der Waals surface area (Å²) in [5, 5.41) is 2.67. The molecule has 0 N–H and O–H groups in total. The highest BCUT2D eigenvalue weighted by Crippen LogP contribution is 2.65. The van der Waals surface area contributed by atoms with Gasteiger partial charge in [-0.15, -0.1) is 11.3 Å². The van der Waals surface area contributed by atoms with Gasteiger partial charge in [-0.2, -0.15) is 0 Å². The fraction of sp³-hybridized carbons (Fsp3) is 0.351. The first-order valence-corrected chi connectivity index (χ1v) is 30.5. The number of anilines is 8. The molecule has 1 aromatic heterocycles. The van der Waals surface area contributed by atoms with E-state index in [9.17, 15) is 0 Å². The fourth-order valence-electron chi connectivity index (χ4n) is 18.2. The minimum Gasteiger partial charge on any atom is -0.334 e. The molecule has 7 aliphatic rings. The number of aryl methyl sites for hydroxylation is 2. The molecule has 4 aliphatic heterocycles. The Kier molecular flexibility index (Phi) is 9.22. The van der Waals surface area contributed by atoms with Crippen LogP contribution in [0.3, 0.4) is 0 Å². The largest absolute Gasteiger partial charge is 0.334 e. The smallest absolute Gasteiger partial charge is 0.252 e. The third-order valence-electron chi connectivity index (χ3n) is 22.1. The van der Waals surface area contributed by atoms with Gasteiger partial charge in [0.15, 0.2) is 0 Å². The normalized spacial score (nSPS) is 23.7. The van der Waals surface area contributed by atoms with Gasteiger partial charge in [-0.3, -0.25) is 0 Å². The van der Waals surface area contributed by atoms with Crippen LogP contribution in [0.25, 0.3) is 20.2 Å². The van der Waals surface area contributed by atoms with Crippen LogP contribution in [-0.4, -0.2) is 12.3 Å². The predicted octanol–water partition coefficient (Wildman–Crippen LogP) is 18.1. The van der Waals surface area contributed by atoms with Crippen molar-refractivity contribution in [2.75, 3.05) is 14.7 Å². The molecule has 3 atom stereocenters. The zero-order chi connectivity index (χ0) is 54.6. The summed E-state index contributed by atoms with van der Waals surface area (Å²) in [5.74, 6) is 0. The summed E-state index contributed by atoms with van der Waals surface area (Å²) in [4.78, 5) is 8.34. The fourth-order valence-corrected chi connectivity index (χ4v) is 19.4. The molecule has 0 radical (unpaired) electrons. The number of rotatable bonds is 1. The summed E-state index contributed by atoms with van der Waals surface area (Å²) >= 11 is 1.92. The van der Waals surface area contributed by atoms with Crippen LogP contribution in [0.4, 0.5) is 45.5 Å². The quantitative estimate of drug-likeness (QED) is 0.152. The maximum Gasteiger partial charge on any atom is 0.252 e. The van der Waals surface area contributed by atoms with Gasteiger partial charge in [0.05, 0.1) is 5.54 Å². The lowest BCUT2D eigenvalue weighted by molar-refractivity contribution is 0.195. The van der Waals surface area contributed by atoms with Crippen molar-refractivity contribution in [1.82, 2.24) is 0 Å². The molecule has 3 aliphatic carbocycles. The second-order valence-corrected chi connectivity index (χ2v) is 30.1. The van der Waals surface area contributed by atoms with Crippen LogP contribution in [0, 0.1) is 13.8 Å². The van der Waals surface area contributed by atoms with Crippen LogP contribution in [-0.2, 0) is 32.5 Å². The average Bonchev–Trinajstić information content (AvgIpc) is 2.13. The third kappa shape index (κ3) is 5.91. The number of thiophene rings is 1. The lowest BCUT2D eigenvalue weighted by atomic mass is 9.33. The molecule has 79 heavy (non-hydrogen) atoms. The molecule has 5 heteroatoms. The van der Waals surface area contributed by atoms with Gasteiger partial charge >= 0.3 is 0 Å². The van der Waals surface area contributed by atoms with Crippen LogP contribution in [0.5, 0.6) is 0 Å². The summed E-state index contributed by atoms with van der Waals surface area (Å²) in [6.07, 6.45) is 5.94. The Morgan fingerprint density at radius 3 is 1.90 bits per heavy atom. The van der Waals surface area contributed by atoms with Crippen molar-refractivity contribution in [1.29, 1.82) is 0 Å². The van der Waals surface area contributed by atoms with Gasteiger partial charge in [0, 0.05) is 81.9 Å². The maximum atomic E-state index is 2.89. The van der Waals surface area contributed by atoms with E-state index in [0.717, 1.165) is 12.8 Å². The molecule has 0 spiro atoms. The highest BCUT2D eigenvalue weighted by Gasteiger charge is 2.60. The van der Waals surface area contributed by atoms with Gasteiger partial charge in [0.2, 0.25) is 0 Å². The minimum absolute atomic E-state index is 0.0132. The number of hydrogen-bond acceptors (Lipinski definition) is 4. The first-order chi connectivity index (χ1) is 37.5. The zero-order valence-electron chi connectivity index (χ0n) is 49.1. The molecule has 5 heterocycles. The van der Waals surface area contributed by atoms with E-state index in [2.05, 4.69) is 245 Å². The molecular weight excluding hydrogens is 974 g/mol. The molecule has 3 unspecified atom stereocenters. The Balaban J connectivity index is 1.05. The minimum atomic E-state index is -0.467. The molecule has 394 valence electrons. The molecular formula is C74H74BN3S. The van der Waals surface area contributed by atoms with E-state index < -0.39 is 5.41 Å². The lowest BCUT2D eigenvalue weighted by Crippen LogP contribution is -2.61. The monoisotopic (exact) mass is 1050 g/mol. The van der Waals surface area contributed by atoms with E-state index in [1.807, 2.05) is 11.3 Å². The Bertz CT molecular complexity index is 4260. The molecule has 9 aromatic rings. The highest BCUT2D eigenvalue weighted by molar-refractivity contribution is 7.25. The van der Waals surface area contributed by atoms with E-state index in [1.54, 1.807) is 0 Å². The van der Waals surface area contributed by atoms with Crippen LogP contribution < -0.4 is 31.1 Å². The molecule has 8 aromatic carbocycles. The average molecular weight is 1050 g/mol. The van der Waals surface area contributed by atoms with Crippen molar-refractivity contribution < 1.29 is 0 Å². The zero-order valence-corrected chi connectivity index (χ0v) is 49.9. The van der Waals surface area contributed by atoms with E-state index in [4.69, 9.17) is 0 Å². The van der Waals surface area contributed by atoms with Crippen molar-refractivity contribution in [3.05, 3.63) is 195 Å². The lowest BCUT2D eigenvalue weighted by Gasteiger charge is -2.51. The van der Waals surface area contributed by atoms with Crippen molar-refractivity contribution >= 4 is 100 Å². The second-order valence-electron chi connectivity index (χ2n) is 29.0. The summed E-state index contributed by atoms with van der Waals surface area (Å²) in [5.41, 5.74) is 29.5. The molecule has 1 saturated carbocycles. The predicted molar refractivity (Wildman–Crippen MR) is 339 cm³/mol. The topological polar surface area (TPSA) is 9.72 Å². The number of fused-ring (bicyclic) bond motifs is 19. The molecule has 6 bridgehead atoms. The SMILES string of the molecule is Cc1cc2c3c(c1)N1c4cc5c(cc4C)C(C)(C)c4ccccc4C5(C)c4cc5c(cc4C(C)(C)C)C4(C)CCCCC4(C)N5c4ccc(c1c4)B3c1cc3c(cc1N2c1ccc2c(c1)sc1ccccc12)C(C)(C)CC3(C)C. The standard InChI is InChI=1S/C74H74BN3S/c1-42-31-63-67-64(32-42)77-59-39-55-53(33-43(59)2)71(10,11)48-22-16-17-23-49(48)74(55,14)54-40-60-56(36-50(54)68(3,4)5)72(12)29-19-20-30-73(72,13)78(60)45-26-28-57(61(77)34-45)75(67)58-37-51-52(70(8,9)41-69(51,6)7)38-62(58)76(63)44-25-27-47-46-21-15-18-24-65(46)79-66(47)35-44/h15-18,21-28,31-40H,19-20,29-30,41H2,1-14H3.